The first-order valence-corrected chi connectivity index (χ1v) is 16.4. The van der Waals surface area contributed by atoms with Gasteiger partial charge in [-0.1, -0.05) is 17.3 Å². The Bertz CT molecular complexity index is 1860. The van der Waals surface area contributed by atoms with Crippen molar-refractivity contribution >= 4 is 49.4 Å². The van der Waals surface area contributed by atoms with E-state index in [4.69, 9.17) is 4.52 Å². The van der Waals surface area contributed by atoms with E-state index in [0.29, 0.717) is 81.9 Å². The molecule has 0 aliphatic carbocycles. The van der Waals surface area contributed by atoms with E-state index in [1.54, 1.807) is 30.3 Å². The van der Waals surface area contributed by atoms with Gasteiger partial charge in [0.1, 0.15) is 16.4 Å². The smallest absolute Gasteiger partial charge is 0.366 e. The Hall–Kier alpha value is -3.44. The standard InChI is InChI=1S/C27H26F3N7O3S3/c1-16-12-20(40-35-16)21-6-7-23(41-21)43(38,39)37-10-8-36(9-11-37)14-17(2)34-25-19-5-3-4-18(24(19)32-15-33-25)22-13-31-26(42-22)27(28,29)30/h3-7,12-13,15,17H,8-11,14H2,1-2H3,(H,32,33,34)/t17-/m0/s1. The first-order valence-electron chi connectivity index (χ1n) is 13.3. The van der Waals surface area contributed by atoms with Crippen molar-refractivity contribution in [1.29, 1.82) is 0 Å². The fourth-order valence-electron chi connectivity index (χ4n) is 4.95. The Morgan fingerprint density at radius 3 is 2.53 bits per heavy atom. The predicted molar refractivity (Wildman–Crippen MR) is 158 cm³/mol. The number of sulfonamides is 1. The van der Waals surface area contributed by atoms with E-state index in [1.807, 2.05) is 19.9 Å². The Balaban J connectivity index is 1.09. The number of rotatable bonds is 8. The highest BCUT2D eigenvalue weighted by molar-refractivity contribution is 7.91. The highest BCUT2D eigenvalue weighted by Crippen LogP contribution is 2.39. The van der Waals surface area contributed by atoms with Gasteiger partial charge >= 0.3 is 6.18 Å². The molecule has 0 saturated carbocycles. The number of anilines is 1. The van der Waals surface area contributed by atoms with Crippen LogP contribution in [0, 0.1) is 6.92 Å². The highest BCUT2D eigenvalue weighted by atomic mass is 32.2. The molecule has 5 aromatic rings. The number of halogens is 3. The summed E-state index contributed by atoms with van der Waals surface area (Å²) in [6, 6.07) is 10.3. The molecule has 226 valence electrons. The van der Waals surface area contributed by atoms with Crippen molar-refractivity contribution < 1.29 is 26.1 Å². The fourth-order valence-corrected chi connectivity index (χ4v) is 8.59. The van der Waals surface area contributed by atoms with Gasteiger partial charge < -0.3 is 9.84 Å². The number of fused-ring (bicyclic) bond motifs is 1. The van der Waals surface area contributed by atoms with E-state index in [-0.39, 0.29) is 10.3 Å². The molecule has 0 radical (unpaired) electrons. The number of aromatic nitrogens is 4. The number of benzene rings is 1. The third-order valence-corrected chi connectivity index (χ3v) is 11.5. The molecular formula is C27H26F3N7O3S3. The van der Waals surface area contributed by atoms with Crippen LogP contribution in [0.25, 0.3) is 32.0 Å². The molecule has 10 nitrogen and oxygen atoms in total. The third kappa shape index (κ3) is 6.15. The lowest BCUT2D eigenvalue weighted by Crippen LogP contribution is -2.50. The van der Waals surface area contributed by atoms with Crippen molar-refractivity contribution in [2.45, 2.75) is 30.3 Å². The molecule has 6 rings (SSSR count). The van der Waals surface area contributed by atoms with Gasteiger partial charge in [0.2, 0.25) is 0 Å². The Morgan fingerprint density at radius 2 is 1.84 bits per heavy atom. The molecule has 4 aromatic heterocycles. The van der Waals surface area contributed by atoms with Crippen molar-refractivity contribution in [2.24, 2.45) is 0 Å². The lowest BCUT2D eigenvalue weighted by molar-refractivity contribution is -0.137. The van der Waals surface area contributed by atoms with E-state index in [0.717, 1.165) is 17.0 Å². The van der Waals surface area contributed by atoms with Crippen LogP contribution in [0.3, 0.4) is 0 Å². The lowest BCUT2D eigenvalue weighted by Gasteiger charge is -2.35. The summed E-state index contributed by atoms with van der Waals surface area (Å²) in [7, 11) is -3.64. The summed E-state index contributed by atoms with van der Waals surface area (Å²) in [5.74, 6) is 1.11. The largest absolute Gasteiger partial charge is 0.443 e. The van der Waals surface area contributed by atoms with Crippen LogP contribution < -0.4 is 5.32 Å². The maximum absolute atomic E-state index is 13.3. The molecular weight excluding hydrogens is 624 g/mol. The number of hydrogen-bond acceptors (Lipinski definition) is 11. The minimum atomic E-state index is -4.51. The van der Waals surface area contributed by atoms with Crippen molar-refractivity contribution in [3.63, 3.8) is 0 Å². The minimum Gasteiger partial charge on any atom is -0.366 e. The fraction of sp³-hybridized carbons (Fsp3) is 0.333. The van der Waals surface area contributed by atoms with Crippen LogP contribution in [-0.4, -0.2) is 76.5 Å². The van der Waals surface area contributed by atoms with Crippen LogP contribution in [-0.2, 0) is 16.2 Å². The first kappa shape index (κ1) is 29.6. The molecule has 43 heavy (non-hydrogen) atoms. The van der Waals surface area contributed by atoms with E-state index < -0.39 is 21.2 Å². The third-order valence-electron chi connectivity index (χ3n) is 6.97. The molecule has 0 unspecified atom stereocenters. The number of nitrogens with one attached hydrogen (secondary N) is 1. The molecule has 1 saturated heterocycles. The summed E-state index contributed by atoms with van der Waals surface area (Å²) in [4.78, 5) is 15.6. The van der Waals surface area contributed by atoms with Crippen LogP contribution in [0.4, 0.5) is 19.0 Å². The molecule has 16 heteroatoms. The van der Waals surface area contributed by atoms with Gasteiger partial charge in [-0.25, -0.2) is 23.4 Å². The zero-order chi connectivity index (χ0) is 30.4. The average molecular weight is 650 g/mol. The van der Waals surface area contributed by atoms with Crippen LogP contribution in [0.15, 0.2) is 57.7 Å². The molecule has 0 spiro atoms. The molecule has 1 atom stereocenters. The van der Waals surface area contributed by atoms with Crippen LogP contribution in [0.5, 0.6) is 0 Å². The van der Waals surface area contributed by atoms with E-state index in [1.165, 1.54) is 16.8 Å². The van der Waals surface area contributed by atoms with Crippen molar-refractivity contribution in [1.82, 2.24) is 29.3 Å². The maximum Gasteiger partial charge on any atom is 0.443 e. The summed E-state index contributed by atoms with van der Waals surface area (Å²) in [6.07, 6.45) is -1.91. The Kier molecular flexibility index (Phi) is 7.97. The van der Waals surface area contributed by atoms with Gasteiger partial charge in [0.25, 0.3) is 10.0 Å². The van der Waals surface area contributed by atoms with Gasteiger partial charge in [-0.3, -0.25) is 4.90 Å². The molecule has 1 fully saturated rings. The Morgan fingerprint density at radius 1 is 1.05 bits per heavy atom. The highest BCUT2D eigenvalue weighted by Gasteiger charge is 2.35. The monoisotopic (exact) mass is 649 g/mol. The van der Waals surface area contributed by atoms with Gasteiger partial charge in [0.05, 0.1) is 21.0 Å². The minimum absolute atomic E-state index is 0.0598. The quantitative estimate of drug-likeness (QED) is 0.229. The number of thiophene rings is 1. The normalized spacial score (nSPS) is 16.1. The van der Waals surface area contributed by atoms with Crippen LogP contribution in [0.1, 0.15) is 17.6 Å². The summed E-state index contributed by atoms with van der Waals surface area (Å²) in [5.41, 5.74) is 1.80. The maximum atomic E-state index is 13.3. The number of aryl methyl sites for hydroxylation is 1. The number of para-hydroxylation sites is 1. The molecule has 1 aliphatic heterocycles. The summed E-state index contributed by atoms with van der Waals surface area (Å²) < 4.78 is 73.0. The van der Waals surface area contributed by atoms with E-state index in [9.17, 15) is 21.6 Å². The van der Waals surface area contributed by atoms with Crippen LogP contribution in [0.2, 0.25) is 0 Å². The van der Waals surface area contributed by atoms with Gasteiger partial charge in [-0.15, -0.1) is 22.7 Å². The molecule has 5 heterocycles. The van der Waals surface area contributed by atoms with E-state index >= 15 is 0 Å². The molecule has 0 amide bonds. The Labute approximate surface area is 253 Å². The van der Waals surface area contributed by atoms with Gasteiger partial charge in [-0.2, -0.15) is 17.5 Å². The summed E-state index contributed by atoms with van der Waals surface area (Å²) in [6.45, 7) is 6.28. The van der Waals surface area contributed by atoms with Crippen molar-refractivity contribution in [2.75, 3.05) is 38.0 Å². The number of nitrogens with zero attached hydrogens (tertiary/aromatic N) is 6. The van der Waals surface area contributed by atoms with Crippen LogP contribution >= 0.6 is 22.7 Å². The number of piperazine rings is 1. The molecule has 0 bridgehead atoms. The second-order valence-corrected chi connectivity index (χ2v) is 14.4. The predicted octanol–water partition coefficient (Wildman–Crippen LogP) is 5.60. The summed E-state index contributed by atoms with van der Waals surface area (Å²) in [5, 5.41) is 7.04. The van der Waals surface area contributed by atoms with Gasteiger partial charge in [-0.05, 0) is 32.0 Å². The zero-order valence-corrected chi connectivity index (χ0v) is 25.4. The first-order chi connectivity index (χ1) is 20.5. The topological polar surface area (TPSA) is 117 Å². The van der Waals surface area contributed by atoms with Gasteiger partial charge in [0, 0.05) is 62.0 Å². The lowest BCUT2D eigenvalue weighted by atomic mass is 10.1. The molecule has 1 aromatic carbocycles. The number of thiazole rings is 1. The SMILES string of the molecule is Cc1cc(-c2ccc(S(=O)(=O)N3CCN(C[C@H](C)Nc4ncnc5c(-c6cnc(C(F)(F)F)s6)cccc45)CC3)s2)on1. The number of alkyl halides is 3. The summed E-state index contributed by atoms with van der Waals surface area (Å²) >= 11 is 1.74. The van der Waals surface area contributed by atoms with Crippen molar-refractivity contribution in [3.05, 3.63) is 59.6 Å². The van der Waals surface area contributed by atoms with Crippen molar-refractivity contribution in [3.8, 4) is 21.1 Å². The number of hydrogen-bond donors (Lipinski definition) is 1. The van der Waals surface area contributed by atoms with Gasteiger partial charge in [0.15, 0.2) is 10.8 Å². The van der Waals surface area contributed by atoms with E-state index in [2.05, 4.69) is 30.3 Å². The molecule has 1 N–H and O–H groups in total. The molecule has 1 aliphatic rings. The second-order valence-electron chi connectivity index (χ2n) is 10.2. The zero-order valence-electron chi connectivity index (χ0n) is 23.0. The average Bonchev–Trinajstić information content (AvgIpc) is 3.74. The second kappa shape index (κ2) is 11.6.